The minimum Gasteiger partial charge on any atom is -0.464 e. The second-order valence-corrected chi connectivity index (χ2v) is 5.02. The fraction of sp³-hybridized carbons (Fsp3) is 0.429. The molecular weight excluding hydrogens is 256 g/mol. The van der Waals surface area contributed by atoms with Gasteiger partial charge in [-0.25, -0.2) is 9.78 Å². The Morgan fingerprint density at radius 1 is 1.50 bits per heavy atom. The lowest BCUT2D eigenvalue weighted by Crippen LogP contribution is -2.27. The number of imidazole rings is 1. The molecular formula is C14H18N4O2. The summed E-state index contributed by atoms with van der Waals surface area (Å²) in [6.07, 6.45) is 3.92. The normalized spacial score (nSPS) is 16.4. The Morgan fingerprint density at radius 3 is 2.95 bits per heavy atom. The molecule has 0 aromatic carbocycles. The topological polar surface area (TPSA) is 81.6 Å². The summed E-state index contributed by atoms with van der Waals surface area (Å²) in [6, 6.07) is 3.64. The number of methoxy groups -OCH3 is 1. The molecule has 3 heterocycles. The predicted molar refractivity (Wildman–Crippen MR) is 75.8 cm³/mol. The van der Waals surface area contributed by atoms with Crippen LogP contribution in [0, 0.1) is 0 Å². The standard InChI is InChI=1S/C14H18N4O2/c1-20-14(19)11-12-10(15)3-2-8-18(12)13(17-11)9-4-6-16-7-5-9/h2-3,8-9,16H,4-7,15H2,1H3. The number of hydrogen-bond donors (Lipinski definition) is 2. The second kappa shape index (κ2) is 5.13. The highest BCUT2D eigenvalue weighted by atomic mass is 16.5. The number of nitrogens with zero attached hydrogens (tertiary/aromatic N) is 2. The molecule has 2 aromatic rings. The average molecular weight is 274 g/mol. The van der Waals surface area contributed by atoms with Crippen LogP contribution in [0.4, 0.5) is 5.69 Å². The highest BCUT2D eigenvalue weighted by Crippen LogP contribution is 2.29. The monoisotopic (exact) mass is 274 g/mol. The van der Waals surface area contributed by atoms with Crippen molar-refractivity contribution in [2.45, 2.75) is 18.8 Å². The van der Waals surface area contributed by atoms with Gasteiger partial charge in [0, 0.05) is 12.1 Å². The number of anilines is 1. The van der Waals surface area contributed by atoms with Crippen LogP contribution in [0.2, 0.25) is 0 Å². The van der Waals surface area contributed by atoms with Gasteiger partial charge in [0.1, 0.15) is 11.3 Å². The first kappa shape index (κ1) is 12.9. The van der Waals surface area contributed by atoms with Crippen LogP contribution < -0.4 is 11.1 Å². The van der Waals surface area contributed by atoms with Gasteiger partial charge in [0.15, 0.2) is 5.69 Å². The first-order valence-electron chi connectivity index (χ1n) is 6.78. The van der Waals surface area contributed by atoms with E-state index in [1.165, 1.54) is 7.11 Å². The third-order valence-electron chi connectivity index (χ3n) is 3.81. The first-order valence-corrected chi connectivity index (χ1v) is 6.78. The van der Waals surface area contributed by atoms with Gasteiger partial charge in [-0.1, -0.05) is 0 Å². The summed E-state index contributed by atoms with van der Waals surface area (Å²) >= 11 is 0. The molecule has 0 aliphatic carbocycles. The number of nitrogen functional groups attached to an aromatic ring is 1. The molecule has 2 aromatic heterocycles. The van der Waals surface area contributed by atoms with Crippen LogP contribution in [0.25, 0.3) is 5.52 Å². The number of aromatic nitrogens is 2. The Morgan fingerprint density at radius 2 is 2.25 bits per heavy atom. The zero-order valence-electron chi connectivity index (χ0n) is 11.4. The number of hydrogen-bond acceptors (Lipinski definition) is 5. The van der Waals surface area contributed by atoms with Crippen LogP contribution in [0.3, 0.4) is 0 Å². The summed E-state index contributed by atoms with van der Waals surface area (Å²) in [4.78, 5) is 16.4. The van der Waals surface area contributed by atoms with Gasteiger partial charge in [-0.3, -0.25) is 0 Å². The molecule has 0 saturated carbocycles. The van der Waals surface area contributed by atoms with E-state index in [0.717, 1.165) is 31.8 Å². The lowest BCUT2D eigenvalue weighted by atomic mass is 9.97. The largest absolute Gasteiger partial charge is 0.464 e. The molecule has 6 nitrogen and oxygen atoms in total. The van der Waals surface area contributed by atoms with Crippen LogP contribution in [0.5, 0.6) is 0 Å². The zero-order chi connectivity index (χ0) is 14.1. The lowest BCUT2D eigenvalue weighted by molar-refractivity contribution is 0.0596. The van der Waals surface area contributed by atoms with Gasteiger partial charge in [0.05, 0.1) is 12.8 Å². The van der Waals surface area contributed by atoms with Crippen molar-refractivity contribution in [3.8, 4) is 0 Å². The van der Waals surface area contributed by atoms with E-state index in [0.29, 0.717) is 22.8 Å². The maximum atomic E-state index is 11.9. The Bertz CT molecular complexity index is 644. The minimum absolute atomic E-state index is 0.305. The van der Waals surface area contributed by atoms with Crippen molar-refractivity contribution < 1.29 is 9.53 Å². The van der Waals surface area contributed by atoms with E-state index in [-0.39, 0.29) is 0 Å². The fourth-order valence-corrected chi connectivity index (χ4v) is 2.80. The molecule has 0 radical (unpaired) electrons. The number of carbonyl (C=O) groups excluding carboxylic acids is 1. The maximum Gasteiger partial charge on any atom is 0.359 e. The third-order valence-corrected chi connectivity index (χ3v) is 3.81. The van der Waals surface area contributed by atoms with Crippen molar-refractivity contribution >= 4 is 17.2 Å². The SMILES string of the molecule is COC(=O)c1nc(C2CCNCC2)n2cccc(N)c12. The summed E-state index contributed by atoms with van der Waals surface area (Å²) < 4.78 is 6.75. The van der Waals surface area contributed by atoms with Crippen molar-refractivity contribution in [1.29, 1.82) is 0 Å². The van der Waals surface area contributed by atoms with Crippen molar-refractivity contribution in [3.63, 3.8) is 0 Å². The number of rotatable bonds is 2. The summed E-state index contributed by atoms with van der Waals surface area (Å²) in [5.41, 5.74) is 7.50. The smallest absolute Gasteiger partial charge is 0.359 e. The van der Waals surface area contributed by atoms with E-state index in [4.69, 9.17) is 10.5 Å². The van der Waals surface area contributed by atoms with Crippen molar-refractivity contribution in [1.82, 2.24) is 14.7 Å². The molecule has 0 atom stereocenters. The number of esters is 1. The molecule has 0 amide bonds. The number of carbonyl (C=O) groups is 1. The Balaban J connectivity index is 2.17. The van der Waals surface area contributed by atoms with Crippen LogP contribution in [0.1, 0.15) is 35.1 Å². The molecule has 1 saturated heterocycles. The molecule has 0 unspecified atom stereocenters. The van der Waals surface area contributed by atoms with Crippen LogP contribution in [0.15, 0.2) is 18.3 Å². The number of pyridine rings is 1. The molecule has 1 aliphatic rings. The molecule has 3 rings (SSSR count). The maximum absolute atomic E-state index is 11.9. The fourth-order valence-electron chi connectivity index (χ4n) is 2.80. The van der Waals surface area contributed by atoms with E-state index in [2.05, 4.69) is 10.3 Å². The number of piperidine rings is 1. The van der Waals surface area contributed by atoms with Crippen molar-refractivity contribution in [2.24, 2.45) is 0 Å². The second-order valence-electron chi connectivity index (χ2n) is 5.02. The number of ether oxygens (including phenoxy) is 1. The van der Waals surface area contributed by atoms with Crippen molar-refractivity contribution in [3.05, 3.63) is 29.8 Å². The number of nitrogens with one attached hydrogen (secondary N) is 1. The Labute approximate surface area is 116 Å². The lowest BCUT2D eigenvalue weighted by Gasteiger charge is -2.21. The van der Waals surface area contributed by atoms with E-state index < -0.39 is 5.97 Å². The highest BCUT2D eigenvalue weighted by Gasteiger charge is 2.25. The number of nitrogens with two attached hydrogens (primary N) is 1. The first-order chi connectivity index (χ1) is 9.72. The molecule has 20 heavy (non-hydrogen) atoms. The number of fused-ring (bicyclic) bond motifs is 1. The summed E-state index contributed by atoms with van der Waals surface area (Å²) in [6.45, 7) is 1.94. The molecule has 1 aliphatic heterocycles. The van der Waals surface area contributed by atoms with E-state index in [1.807, 2.05) is 16.7 Å². The Hall–Kier alpha value is -2.08. The highest BCUT2D eigenvalue weighted by molar-refractivity contribution is 5.98. The summed E-state index contributed by atoms with van der Waals surface area (Å²) in [5, 5.41) is 3.33. The molecule has 0 bridgehead atoms. The van der Waals surface area contributed by atoms with E-state index in [1.54, 1.807) is 6.07 Å². The van der Waals surface area contributed by atoms with Gasteiger partial charge in [-0.2, -0.15) is 0 Å². The van der Waals surface area contributed by atoms with Crippen LogP contribution in [-0.2, 0) is 4.74 Å². The summed E-state index contributed by atoms with van der Waals surface area (Å²) in [5.74, 6) is 0.791. The third kappa shape index (κ3) is 2.02. The van der Waals surface area contributed by atoms with E-state index in [9.17, 15) is 4.79 Å². The van der Waals surface area contributed by atoms with Crippen LogP contribution >= 0.6 is 0 Å². The summed E-state index contributed by atoms with van der Waals surface area (Å²) in [7, 11) is 1.36. The molecule has 1 fully saturated rings. The molecule has 6 heteroatoms. The Kier molecular flexibility index (Phi) is 3.31. The van der Waals surface area contributed by atoms with Gasteiger partial charge >= 0.3 is 5.97 Å². The van der Waals surface area contributed by atoms with Gasteiger partial charge in [-0.05, 0) is 38.1 Å². The zero-order valence-corrected chi connectivity index (χ0v) is 11.4. The molecule has 0 spiro atoms. The van der Waals surface area contributed by atoms with E-state index >= 15 is 0 Å². The van der Waals surface area contributed by atoms with Gasteiger partial charge < -0.3 is 20.2 Å². The molecule has 3 N–H and O–H groups in total. The molecule has 106 valence electrons. The van der Waals surface area contributed by atoms with Gasteiger partial charge in [0.2, 0.25) is 0 Å². The predicted octanol–water partition coefficient (Wildman–Crippen LogP) is 1.17. The van der Waals surface area contributed by atoms with Crippen LogP contribution in [-0.4, -0.2) is 35.6 Å². The minimum atomic E-state index is -0.444. The quantitative estimate of drug-likeness (QED) is 0.803. The van der Waals surface area contributed by atoms with Gasteiger partial charge in [-0.15, -0.1) is 0 Å². The van der Waals surface area contributed by atoms with Crippen molar-refractivity contribution in [2.75, 3.05) is 25.9 Å². The van der Waals surface area contributed by atoms with Gasteiger partial charge in [0.25, 0.3) is 0 Å². The average Bonchev–Trinajstić information content (AvgIpc) is 2.88.